The maximum absolute atomic E-state index is 12.9. The minimum absolute atomic E-state index is 0.0400. The third-order valence-corrected chi connectivity index (χ3v) is 7.32. The van der Waals surface area contributed by atoms with Crippen LogP contribution in [0.1, 0.15) is 39.2 Å². The summed E-state index contributed by atoms with van der Waals surface area (Å²) < 4.78 is 26.3. The van der Waals surface area contributed by atoms with Crippen molar-refractivity contribution in [2.75, 3.05) is 20.3 Å². The van der Waals surface area contributed by atoms with E-state index >= 15 is 0 Å². The molecule has 0 aromatic heterocycles. The second kappa shape index (κ2) is 16.7. The third kappa shape index (κ3) is 10.8. The summed E-state index contributed by atoms with van der Waals surface area (Å²) in [7, 11) is 1.09. The van der Waals surface area contributed by atoms with E-state index < -0.39 is 72.2 Å². The molecule has 2 N–H and O–H groups in total. The molecule has 2 aromatic rings. The van der Waals surface area contributed by atoms with E-state index in [0.717, 1.165) is 37.6 Å². The van der Waals surface area contributed by atoms with Crippen LogP contribution in [0.5, 0.6) is 0 Å². The van der Waals surface area contributed by atoms with Gasteiger partial charge in [-0.1, -0.05) is 66.2 Å². The molecular formula is C32H37ClN2O11. The van der Waals surface area contributed by atoms with Gasteiger partial charge < -0.3 is 34.3 Å². The van der Waals surface area contributed by atoms with Gasteiger partial charge in [-0.05, 0) is 16.7 Å². The van der Waals surface area contributed by atoms with Crippen LogP contribution in [0.4, 0.5) is 0 Å². The summed E-state index contributed by atoms with van der Waals surface area (Å²) in [6.07, 6.45) is -4.04. The lowest BCUT2D eigenvalue weighted by molar-refractivity contribution is -0.197. The van der Waals surface area contributed by atoms with Crippen molar-refractivity contribution in [1.82, 2.24) is 10.6 Å². The van der Waals surface area contributed by atoms with Crippen molar-refractivity contribution in [2.24, 2.45) is 0 Å². The molecule has 1 heterocycles. The summed E-state index contributed by atoms with van der Waals surface area (Å²) >= 11 is 6.51. The van der Waals surface area contributed by atoms with Gasteiger partial charge in [0.15, 0.2) is 6.61 Å². The molecule has 14 heteroatoms. The summed E-state index contributed by atoms with van der Waals surface area (Å²) in [6, 6.07) is 16.1. The van der Waals surface area contributed by atoms with Crippen molar-refractivity contribution < 1.29 is 52.5 Å². The second-order valence-corrected chi connectivity index (χ2v) is 11.2. The maximum Gasteiger partial charge on any atom is 0.354 e. The molecule has 1 aliphatic rings. The summed E-state index contributed by atoms with van der Waals surface area (Å²) in [5.74, 6) is -4.23. The Hall–Kier alpha value is -4.49. The molecule has 0 bridgehead atoms. The SMILES string of the molecule is COC(=O)[C@]1(Cl)C[C@H](OC(C)=O)[C@@H](NC(=O)COC(C)=O)[C@H](C[C@@H](CNC(=O)Cc2ccc(-c3ccccc3)cc2)OC(C)=O)O1. The highest BCUT2D eigenvalue weighted by molar-refractivity contribution is 6.32. The molecule has 13 nitrogen and oxygen atoms in total. The van der Waals surface area contributed by atoms with E-state index in [4.69, 9.17) is 35.3 Å². The summed E-state index contributed by atoms with van der Waals surface area (Å²) in [6.45, 7) is 2.61. The largest absolute Gasteiger partial charge is 0.466 e. The average Bonchev–Trinajstić information content (AvgIpc) is 3.00. The van der Waals surface area contributed by atoms with E-state index in [0.29, 0.717) is 0 Å². The van der Waals surface area contributed by atoms with Gasteiger partial charge in [0.2, 0.25) is 11.0 Å². The molecule has 0 spiro atoms. The predicted molar refractivity (Wildman–Crippen MR) is 163 cm³/mol. The van der Waals surface area contributed by atoms with Crippen molar-refractivity contribution in [2.45, 2.75) is 69.4 Å². The van der Waals surface area contributed by atoms with Gasteiger partial charge in [-0.2, -0.15) is 0 Å². The minimum Gasteiger partial charge on any atom is -0.466 e. The van der Waals surface area contributed by atoms with Crippen molar-refractivity contribution >= 4 is 47.3 Å². The fraction of sp³-hybridized carbons (Fsp3) is 0.438. The lowest BCUT2D eigenvalue weighted by Gasteiger charge is -2.44. The third-order valence-electron chi connectivity index (χ3n) is 6.93. The highest BCUT2D eigenvalue weighted by Crippen LogP contribution is 2.37. The first-order valence-electron chi connectivity index (χ1n) is 14.4. The van der Waals surface area contributed by atoms with Crippen molar-refractivity contribution in [3.63, 3.8) is 0 Å². The zero-order valence-electron chi connectivity index (χ0n) is 25.9. The van der Waals surface area contributed by atoms with Crippen LogP contribution in [-0.4, -0.2) is 85.4 Å². The molecule has 2 amide bonds. The summed E-state index contributed by atoms with van der Waals surface area (Å²) in [4.78, 5) is 73.4. The molecule has 0 saturated carbocycles. The first-order valence-corrected chi connectivity index (χ1v) is 14.8. The molecule has 0 aliphatic carbocycles. The smallest absolute Gasteiger partial charge is 0.354 e. The molecule has 0 radical (unpaired) electrons. The molecule has 1 saturated heterocycles. The number of hydrogen-bond donors (Lipinski definition) is 2. The quantitative estimate of drug-likeness (QED) is 0.183. The van der Waals surface area contributed by atoms with Crippen LogP contribution in [-0.2, 0) is 58.9 Å². The first-order chi connectivity index (χ1) is 21.8. The number of ether oxygens (including phenoxy) is 5. The van der Waals surface area contributed by atoms with Crippen LogP contribution < -0.4 is 10.6 Å². The topological polar surface area (TPSA) is 173 Å². The Kier molecular flexibility index (Phi) is 13.1. The molecule has 0 unspecified atom stereocenters. The van der Waals surface area contributed by atoms with Crippen molar-refractivity contribution in [3.05, 3.63) is 60.2 Å². The number of halogens is 1. The average molecular weight is 661 g/mol. The number of rotatable bonds is 13. The van der Waals surface area contributed by atoms with Gasteiger partial charge in [-0.3, -0.25) is 24.0 Å². The summed E-state index contributed by atoms with van der Waals surface area (Å²) in [5, 5.41) is 3.19. The van der Waals surface area contributed by atoms with E-state index in [-0.39, 0.29) is 25.3 Å². The zero-order valence-corrected chi connectivity index (χ0v) is 26.7. The number of amides is 2. The number of methoxy groups -OCH3 is 1. The Morgan fingerprint density at radius 2 is 1.57 bits per heavy atom. The monoisotopic (exact) mass is 660 g/mol. The van der Waals surface area contributed by atoms with Gasteiger partial charge in [-0.15, -0.1) is 0 Å². The number of carbonyl (C=O) groups is 6. The Balaban J connectivity index is 1.77. The highest BCUT2D eigenvalue weighted by Gasteiger charge is 2.54. The predicted octanol–water partition coefficient (Wildman–Crippen LogP) is 2.21. The lowest BCUT2D eigenvalue weighted by atomic mass is 9.91. The molecule has 1 aliphatic heterocycles. The van der Waals surface area contributed by atoms with Crippen LogP contribution in [0.2, 0.25) is 0 Å². The standard InChI is InChI=1S/C32H37ClN2O11/c1-19(36)43-18-29(40)35-30-26(46-32(33,31(41)42-4)16-27(30)45-21(3)38)15-25(44-20(2)37)17-34-28(39)14-22-10-12-24(13-11-22)23-8-6-5-7-9-23/h5-13,25-27,30H,14-18H2,1-4H3,(H,34,39)(H,35,40)/t25-,26-,27-,30-,32-/m0/s1. The molecule has 46 heavy (non-hydrogen) atoms. The number of alkyl halides is 1. The maximum atomic E-state index is 12.9. The van der Waals surface area contributed by atoms with Crippen LogP contribution >= 0.6 is 11.6 Å². The number of esters is 4. The molecule has 2 aromatic carbocycles. The lowest BCUT2D eigenvalue weighted by Crippen LogP contribution is -2.63. The van der Waals surface area contributed by atoms with Crippen LogP contribution in [0.3, 0.4) is 0 Å². The zero-order chi connectivity index (χ0) is 33.9. The number of hydrogen-bond acceptors (Lipinski definition) is 11. The van der Waals surface area contributed by atoms with Gasteiger partial charge in [0.05, 0.1) is 32.2 Å². The molecule has 3 rings (SSSR count). The first kappa shape index (κ1) is 36.0. The molecule has 248 valence electrons. The van der Waals surface area contributed by atoms with Crippen LogP contribution in [0.25, 0.3) is 11.1 Å². The number of nitrogens with one attached hydrogen (secondary N) is 2. The van der Waals surface area contributed by atoms with E-state index in [1.807, 2.05) is 54.6 Å². The van der Waals surface area contributed by atoms with Crippen LogP contribution in [0.15, 0.2) is 54.6 Å². The van der Waals surface area contributed by atoms with Gasteiger partial charge in [0, 0.05) is 33.6 Å². The minimum atomic E-state index is -2.13. The normalized spacial score (nSPS) is 21.2. The van der Waals surface area contributed by atoms with E-state index in [1.54, 1.807) is 0 Å². The van der Waals surface area contributed by atoms with E-state index in [1.165, 1.54) is 6.92 Å². The van der Waals surface area contributed by atoms with Gasteiger partial charge in [0.1, 0.15) is 12.2 Å². The van der Waals surface area contributed by atoms with Gasteiger partial charge in [0.25, 0.3) is 5.91 Å². The van der Waals surface area contributed by atoms with Gasteiger partial charge in [-0.25, -0.2) is 4.79 Å². The fourth-order valence-electron chi connectivity index (χ4n) is 4.96. The second-order valence-electron chi connectivity index (χ2n) is 10.6. The van der Waals surface area contributed by atoms with Crippen molar-refractivity contribution in [3.8, 4) is 11.1 Å². The van der Waals surface area contributed by atoms with E-state index in [2.05, 4.69) is 10.6 Å². The number of benzene rings is 2. The molecular weight excluding hydrogens is 624 g/mol. The van der Waals surface area contributed by atoms with Crippen LogP contribution in [0, 0.1) is 0 Å². The van der Waals surface area contributed by atoms with Crippen molar-refractivity contribution in [1.29, 1.82) is 0 Å². The highest BCUT2D eigenvalue weighted by atomic mass is 35.5. The fourth-order valence-corrected chi connectivity index (χ4v) is 5.31. The Morgan fingerprint density at radius 1 is 0.913 bits per heavy atom. The number of carbonyl (C=O) groups excluding carboxylic acids is 6. The Morgan fingerprint density at radius 3 is 2.15 bits per heavy atom. The Bertz CT molecular complexity index is 1400. The molecule has 5 atom stereocenters. The van der Waals surface area contributed by atoms with Gasteiger partial charge >= 0.3 is 23.9 Å². The Labute approximate surface area is 271 Å². The van der Waals surface area contributed by atoms with E-state index in [9.17, 15) is 28.8 Å². The summed E-state index contributed by atoms with van der Waals surface area (Å²) in [5.41, 5.74) is 2.79. The molecule has 1 fully saturated rings.